The van der Waals surface area contributed by atoms with Gasteiger partial charge in [0.25, 0.3) is 11.7 Å². The Balaban J connectivity index is 1.64. The molecule has 1 aliphatic rings. The number of nitrogens with zero attached hydrogens (tertiary/aromatic N) is 1. The highest BCUT2D eigenvalue weighted by atomic mass is 79.9. The Morgan fingerprint density at radius 3 is 2.31 bits per heavy atom. The van der Waals surface area contributed by atoms with Crippen molar-refractivity contribution in [3.05, 3.63) is 62.5 Å². The van der Waals surface area contributed by atoms with E-state index >= 15 is 0 Å². The number of halogens is 2. The number of ether oxygens (including phenoxy) is 1. The molecule has 0 saturated heterocycles. The smallest absolute Gasteiger partial charge is 0.326 e. The largest absolute Gasteiger partial charge is 0.456 e. The lowest BCUT2D eigenvalue weighted by atomic mass is 10.1. The van der Waals surface area contributed by atoms with Gasteiger partial charge in [0.05, 0.1) is 11.3 Å². The number of carbonyl (C=O) groups is 4. The summed E-state index contributed by atoms with van der Waals surface area (Å²) in [5, 5.41) is 0. The molecule has 0 bridgehead atoms. The van der Waals surface area contributed by atoms with Crippen LogP contribution >= 0.6 is 31.9 Å². The van der Waals surface area contributed by atoms with Crippen LogP contribution in [0.3, 0.4) is 0 Å². The number of esters is 1. The summed E-state index contributed by atoms with van der Waals surface area (Å²) in [5.74, 6) is -2.61. The van der Waals surface area contributed by atoms with Crippen LogP contribution in [0.5, 0.6) is 0 Å². The van der Waals surface area contributed by atoms with Crippen molar-refractivity contribution < 1.29 is 23.9 Å². The third kappa shape index (κ3) is 3.76. The minimum atomic E-state index is -0.797. The van der Waals surface area contributed by atoms with Gasteiger partial charge in [-0.05, 0) is 30.3 Å². The molecule has 132 valence electrons. The van der Waals surface area contributed by atoms with Gasteiger partial charge >= 0.3 is 5.97 Å². The minimum Gasteiger partial charge on any atom is -0.456 e. The predicted octanol–water partition coefficient (Wildman–Crippen LogP) is 3.17. The zero-order valence-electron chi connectivity index (χ0n) is 13.2. The zero-order valence-corrected chi connectivity index (χ0v) is 16.4. The van der Waals surface area contributed by atoms with Crippen LogP contribution in [0.1, 0.15) is 20.7 Å². The third-order valence-corrected chi connectivity index (χ3v) is 4.77. The SMILES string of the molecule is O=C(CN1C(=O)C(=O)c2cc(Br)ccc21)OCC(=O)c1ccc(Br)cc1. The molecule has 26 heavy (non-hydrogen) atoms. The predicted molar refractivity (Wildman–Crippen MR) is 100 cm³/mol. The number of benzene rings is 2. The van der Waals surface area contributed by atoms with Crippen molar-refractivity contribution in [2.24, 2.45) is 0 Å². The molecule has 3 rings (SSSR count). The average Bonchev–Trinajstić information content (AvgIpc) is 2.85. The third-order valence-electron chi connectivity index (χ3n) is 3.75. The summed E-state index contributed by atoms with van der Waals surface area (Å²) in [6, 6.07) is 11.4. The van der Waals surface area contributed by atoms with Gasteiger partial charge in [0.2, 0.25) is 0 Å². The fourth-order valence-electron chi connectivity index (χ4n) is 2.47. The Hall–Kier alpha value is -2.32. The molecule has 2 aromatic rings. The lowest BCUT2D eigenvalue weighted by Gasteiger charge is -2.15. The van der Waals surface area contributed by atoms with Crippen LogP contribution in [-0.4, -0.2) is 36.6 Å². The second-order valence-corrected chi connectivity index (χ2v) is 7.30. The van der Waals surface area contributed by atoms with Gasteiger partial charge in [-0.15, -0.1) is 0 Å². The summed E-state index contributed by atoms with van der Waals surface area (Å²) >= 11 is 6.51. The van der Waals surface area contributed by atoms with Gasteiger partial charge in [0, 0.05) is 14.5 Å². The van der Waals surface area contributed by atoms with Crippen LogP contribution in [0.25, 0.3) is 0 Å². The minimum absolute atomic E-state index is 0.225. The first-order valence-corrected chi connectivity index (χ1v) is 9.05. The van der Waals surface area contributed by atoms with Crippen LogP contribution < -0.4 is 4.90 Å². The molecule has 2 aromatic carbocycles. The number of hydrogen-bond acceptors (Lipinski definition) is 5. The van der Waals surface area contributed by atoms with Crippen molar-refractivity contribution in [3.8, 4) is 0 Å². The highest BCUT2D eigenvalue weighted by molar-refractivity contribution is 9.10. The first-order chi connectivity index (χ1) is 12.4. The number of fused-ring (bicyclic) bond motifs is 1. The van der Waals surface area contributed by atoms with Crippen LogP contribution in [0.2, 0.25) is 0 Å². The Morgan fingerprint density at radius 1 is 0.962 bits per heavy atom. The topological polar surface area (TPSA) is 80.8 Å². The molecule has 1 amide bonds. The Kier molecular flexibility index (Phi) is 5.33. The van der Waals surface area contributed by atoms with Crippen LogP contribution in [0.4, 0.5) is 5.69 Å². The fourth-order valence-corrected chi connectivity index (χ4v) is 3.09. The van der Waals surface area contributed by atoms with E-state index in [9.17, 15) is 19.2 Å². The molecule has 0 spiro atoms. The number of Topliss-reactive ketones (excluding diaryl/α,β-unsaturated/α-hetero) is 2. The molecule has 0 aliphatic carbocycles. The first-order valence-electron chi connectivity index (χ1n) is 7.47. The molecular formula is C18H11Br2NO5. The number of anilines is 1. The van der Waals surface area contributed by atoms with E-state index in [2.05, 4.69) is 31.9 Å². The second kappa shape index (κ2) is 7.51. The summed E-state index contributed by atoms with van der Waals surface area (Å²) in [6.45, 7) is -0.879. The summed E-state index contributed by atoms with van der Waals surface area (Å²) in [6.07, 6.45) is 0. The van der Waals surface area contributed by atoms with Gasteiger partial charge in [0.15, 0.2) is 12.4 Å². The van der Waals surface area contributed by atoms with E-state index in [4.69, 9.17) is 4.74 Å². The zero-order chi connectivity index (χ0) is 18.8. The molecule has 8 heteroatoms. The highest BCUT2D eigenvalue weighted by Gasteiger charge is 2.37. The normalized spacial score (nSPS) is 12.9. The van der Waals surface area contributed by atoms with Crippen molar-refractivity contribution in [1.82, 2.24) is 0 Å². The summed E-state index contributed by atoms with van der Waals surface area (Å²) in [5.41, 5.74) is 0.978. The van der Waals surface area contributed by atoms with Crippen LogP contribution in [0.15, 0.2) is 51.4 Å². The Morgan fingerprint density at radius 2 is 1.62 bits per heavy atom. The van der Waals surface area contributed by atoms with Crippen molar-refractivity contribution in [2.45, 2.75) is 0 Å². The molecule has 0 atom stereocenters. The second-order valence-electron chi connectivity index (χ2n) is 5.47. The molecule has 0 fully saturated rings. The van der Waals surface area contributed by atoms with E-state index in [0.717, 1.165) is 9.37 Å². The summed E-state index contributed by atoms with van der Waals surface area (Å²) in [7, 11) is 0. The van der Waals surface area contributed by atoms with Crippen molar-refractivity contribution in [2.75, 3.05) is 18.1 Å². The molecule has 0 aromatic heterocycles. The van der Waals surface area contributed by atoms with Gasteiger partial charge in [0.1, 0.15) is 6.54 Å². The van der Waals surface area contributed by atoms with Gasteiger partial charge in [-0.2, -0.15) is 0 Å². The number of carbonyl (C=O) groups excluding carboxylic acids is 4. The van der Waals surface area contributed by atoms with Crippen molar-refractivity contribution in [3.63, 3.8) is 0 Å². The number of hydrogen-bond donors (Lipinski definition) is 0. The first kappa shape index (κ1) is 18.5. The number of ketones is 2. The maximum absolute atomic E-state index is 12.1. The van der Waals surface area contributed by atoms with E-state index in [1.807, 2.05) is 0 Å². The number of amides is 1. The van der Waals surface area contributed by atoms with Gasteiger partial charge < -0.3 is 4.74 Å². The Bertz CT molecular complexity index is 924. The van der Waals surface area contributed by atoms with E-state index in [1.54, 1.807) is 36.4 Å². The molecule has 1 heterocycles. The molecule has 0 unspecified atom stereocenters. The van der Waals surface area contributed by atoms with Gasteiger partial charge in [-0.1, -0.05) is 44.0 Å². The maximum Gasteiger partial charge on any atom is 0.326 e. The summed E-state index contributed by atoms with van der Waals surface area (Å²) < 4.78 is 6.44. The van der Waals surface area contributed by atoms with Gasteiger partial charge in [-0.3, -0.25) is 24.1 Å². The molecule has 0 saturated carbocycles. The van der Waals surface area contributed by atoms with Crippen LogP contribution in [-0.2, 0) is 14.3 Å². The quantitative estimate of drug-likeness (QED) is 0.373. The van der Waals surface area contributed by atoms with E-state index in [1.165, 1.54) is 6.07 Å². The average molecular weight is 481 g/mol. The molecule has 0 radical (unpaired) electrons. The van der Waals surface area contributed by atoms with Gasteiger partial charge in [-0.25, -0.2) is 0 Å². The Labute approximate surface area is 165 Å². The molecular weight excluding hydrogens is 470 g/mol. The molecule has 6 nitrogen and oxygen atoms in total. The monoisotopic (exact) mass is 479 g/mol. The molecule has 1 aliphatic heterocycles. The fraction of sp³-hybridized carbons (Fsp3) is 0.111. The standard InChI is InChI=1S/C18H11Br2NO5/c19-11-3-1-10(2-4-11)15(22)9-26-16(23)8-21-14-6-5-12(20)7-13(14)17(24)18(21)25/h1-7H,8-9H2. The number of rotatable bonds is 5. The highest BCUT2D eigenvalue weighted by Crippen LogP contribution is 2.31. The van der Waals surface area contributed by atoms with E-state index < -0.39 is 30.8 Å². The lowest BCUT2D eigenvalue weighted by molar-refractivity contribution is -0.141. The molecule has 0 N–H and O–H groups in total. The van der Waals surface area contributed by atoms with E-state index in [-0.39, 0.29) is 11.3 Å². The summed E-state index contributed by atoms with van der Waals surface area (Å²) in [4.78, 5) is 49.2. The van der Waals surface area contributed by atoms with Crippen molar-refractivity contribution >= 4 is 61.0 Å². The van der Waals surface area contributed by atoms with E-state index in [0.29, 0.717) is 15.7 Å². The maximum atomic E-state index is 12.1. The van der Waals surface area contributed by atoms with Crippen molar-refractivity contribution in [1.29, 1.82) is 0 Å². The lowest BCUT2D eigenvalue weighted by Crippen LogP contribution is -2.36. The van der Waals surface area contributed by atoms with Crippen LogP contribution in [0, 0.1) is 0 Å².